The number of aromatic nitrogens is 3. The summed E-state index contributed by atoms with van der Waals surface area (Å²) in [6.45, 7) is 3.87. The Bertz CT molecular complexity index is 736. The van der Waals surface area contributed by atoms with E-state index in [-0.39, 0.29) is 15.8 Å². The lowest BCUT2D eigenvalue weighted by Gasteiger charge is -2.11. The Morgan fingerprint density at radius 1 is 1.46 bits per heavy atom. The molecule has 0 saturated carbocycles. The highest BCUT2D eigenvalue weighted by Crippen LogP contribution is 2.33. The number of alkyl halides is 3. The average molecular weight is 382 g/mol. The van der Waals surface area contributed by atoms with E-state index in [1.807, 2.05) is 6.92 Å². The summed E-state index contributed by atoms with van der Waals surface area (Å²) in [4.78, 5) is 11.9. The topological polar surface area (TPSA) is 56.5 Å². The number of unbranched alkanes of at least 4 members (excludes halogenated alkanes) is 1. The number of pyridine rings is 1. The first-order valence-electron chi connectivity index (χ1n) is 7.18. The van der Waals surface area contributed by atoms with Crippen molar-refractivity contribution in [1.29, 1.82) is 0 Å². The molecule has 0 bridgehead atoms. The molecule has 2 heterocycles. The first-order chi connectivity index (χ1) is 11.2. The fourth-order valence-electron chi connectivity index (χ4n) is 1.81. The van der Waals surface area contributed by atoms with Gasteiger partial charge in [-0.25, -0.2) is 0 Å². The molecule has 0 amide bonds. The van der Waals surface area contributed by atoms with Gasteiger partial charge in [0.05, 0.1) is 17.2 Å². The van der Waals surface area contributed by atoms with Gasteiger partial charge in [-0.3, -0.25) is 9.20 Å². The van der Waals surface area contributed by atoms with E-state index in [2.05, 4.69) is 10.2 Å². The van der Waals surface area contributed by atoms with E-state index in [1.54, 1.807) is 6.92 Å². The minimum Gasteiger partial charge on any atom is -0.465 e. The third kappa shape index (κ3) is 4.32. The van der Waals surface area contributed by atoms with E-state index in [1.165, 1.54) is 0 Å². The Morgan fingerprint density at radius 3 is 2.79 bits per heavy atom. The summed E-state index contributed by atoms with van der Waals surface area (Å²) in [6, 6.07) is 0.794. The molecule has 0 aliphatic carbocycles. The minimum absolute atomic E-state index is 0.0960. The first kappa shape index (κ1) is 18.9. The highest BCUT2D eigenvalue weighted by Gasteiger charge is 2.32. The number of fused-ring (bicyclic) bond motifs is 1. The molecule has 2 rings (SSSR count). The van der Waals surface area contributed by atoms with Crippen LogP contribution in [0.4, 0.5) is 13.2 Å². The van der Waals surface area contributed by atoms with Crippen LogP contribution in [0.5, 0.6) is 0 Å². The molecule has 132 valence electrons. The van der Waals surface area contributed by atoms with Gasteiger partial charge in [0, 0.05) is 6.20 Å². The number of ether oxygens (including phenoxy) is 1. The fraction of sp³-hybridized carbons (Fsp3) is 0.500. The number of carbonyl (C=O) groups is 1. The van der Waals surface area contributed by atoms with Crippen molar-refractivity contribution < 1.29 is 22.7 Å². The van der Waals surface area contributed by atoms with Gasteiger partial charge in [0.25, 0.3) is 0 Å². The first-order valence-corrected chi connectivity index (χ1v) is 8.44. The number of esters is 1. The number of nitrogens with zero attached hydrogens (tertiary/aromatic N) is 3. The van der Waals surface area contributed by atoms with Crippen molar-refractivity contribution >= 4 is 35.0 Å². The molecule has 1 atom stereocenters. The molecule has 0 aliphatic rings. The standard InChI is InChI=1S/C14H15ClF3N3O2S/c1-3-4-5-23-12(22)8(2)24-13-20-19-11-10(15)6-9(7-21(11)13)14(16,17)18/h6-8H,3-5H2,1-2H3. The number of hydrogen-bond acceptors (Lipinski definition) is 5. The Kier molecular flexibility index (Phi) is 5.97. The van der Waals surface area contributed by atoms with Gasteiger partial charge in [-0.15, -0.1) is 10.2 Å². The zero-order valence-corrected chi connectivity index (χ0v) is 14.5. The van der Waals surface area contributed by atoms with Crippen molar-refractivity contribution in [2.75, 3.05) is 6.61 Å². The molecule has 5 nitrogen and oxygen atoms in total. The van der Waals surface area contributed by atoms with Crippen molar-refractivity contribution in [2.24, 2.45) is 0 Å². The van der Waals surface area contributed by atoms with E-state index in [0.29, 0.717) is 6.61 Å². The lowest BCUT2D eigenvalue weighted by atomic mass is 10.3. The van der Waals surface area contributed by atoms with Crippen LogP contribution in [0.3, 0.4) is 0 Å². The Labute approximate surface area is 145 Å². The van der Waals surface area contributed by atoms with E-state index in [9.17, 15) is 18.0 Å². The summed E-state index contributed by atoms with van der Waals surface area (Å²) in [5.74, 6) is -0.455. The monoisotopic (exact) mass is 381 g/mol. The molecule has 10 heteroatoms. The van der Waals surface area contributed by atoms with Crippen molar-refractivity contribution in [3.8, 4) is 0 Å². The maximum atomic E-state index is 12.9. The predicted octanol–water partition coefficient (Wildman–Crippen LogP) is 4.23. The Balaban J connectivity index is 2.23. The molecule has 0 aliphatic heterocycles. The van der Waals surface area contributed by atoms with E-state index < -0.39 is 23.0 Å². The van der Waals surface area contributed by atoms with E-state index in [0.717, 1.165) is 41.3 Å². The van der Waals surface area contributed by atoms with Crippen LogP contribution in [0.1, 0.15) is 32.3 Å². The molecule has 1 unspecified atom stereocenters. The van der Waals surface area contributed by atoms with Crippen LogP contribution in [-0.2, 0) is 15.7 Å². The molecule has 2 aromatic rings. The number of rotatable bonds is 6. The zero-order chi connectivity index (χ0) is 17.9. The molecular formula is C14H15ClF3N3O2S. The molecule has 0 radical (unpaired) electrons. The summed E-state index contributed by atoms with van der Waals surface area (Å²) in [6.07, 6.45) is -2.04. The summed E-state index contributed by atoms with van der Waals surface area (Å²) >= 11 is 6.80. The molecule has 0 fully saturated rings. The van der Waals surface area contributed by atoms with Crippen LogP contribution in [0.2, 0.25) is 5.02 Å². The third-order valence-corrected chi connectivity index (χ3v) is 4.43. The summed E-state index contributed by atoms with van der Waals surface area (Å²) in [7, 11) is 0. The number of halogens is 4. The van der Waals surface area contributed by atoms with Crippen molar-refractivity contribution in [2.45, 2.75) is 43.3 Å². The van der Waals surface area contributed by atoms with Crippen molar-refractivity contribution in [1.82, 2.24) is 14.6 Å². The average Bonchev–Trinajstić information content (AvgIpc) is 2.90. The van der Waals surface area contributed by atoms with Crippen LogP contribution in [-0.4, -0.2) is 32.4 Å². The van der Waals surface area contributed by atoms with Gasteiger partial charge in [-0.2, -0.15) is 13.2 Å². The summed E-state index contributed by atoms with van der Waals surface area (Å²) < 4.78 is 44.9. The number of carbonyl (C=O) groups excluding carboxylic acids is 1. The summed E-state index contributed by atoms with van der Waals surface area (Å²) in [5, 5.41) is 6.92. The second-order valence-electron chi connectivity index (χ2n) is 5.03. The predicted molar refractivity (Wildman–Crippen MR) is 84.2 cm³/mol. The van der Waals surface area contributed by atoms with E-state index in [4.69, 9.17) is 16.3 Å². The van der Waals surface area contributed by atoms with Crippen LogP contribution in [0.25, 0.3) is 5.65 Å². The van der Waals surface area contributed by atoms with Crippen LogP contribution in [0.15, 0.2) is 17.4 Å². The normalized spacial score (nSPS) is 13.2. The Morgan fingerprint density at radius 2 is 2.17 bits per heavy atom. The SMILES string of the molecule is CCCCOC(=O)C(C)Sc1nnc2c(Cl)cc(C(F)(F)F)cn12. The molecule has 0 spiro atoms. The Hall–Kier alpha value is -1.48. The summed E-state index contributed by atoms with van der Waals surface area (Å²) in [5.41, 5.74) is -0.821. The number of hydrogen-bond donors (Lipinski definition) is 0. The van der Waals surface area contributed by atoms with E-state index >= 15 is 0 Å². The van der Waals surface area contributed by atoms with Crippen molar-refractivity contribution in [3.05, 3.63) is 22.8 Å². The molecule has 24 heavy (non-hydrogen) atoms. The number of thioether (sulfide) groups is 1. The highest BCUT2D eigenvalue weighted by atomic mass is 35.5. The fourth-order valence-corrected chi connectivity index (χ4v) is 2.88. The largest absolute Gasteiger partial charge is 0.465 e. The van der Waals surface area contributed by atoms with Gasteiger partial charge >= 0.3 is 12.1 Å². The van der Waals surface area contributed by atoms with Crippen LogP contribution in [0, 0.1) is 0 Å². The van der Waals surface area contributed by atoms with Gasteiger partial charge in [-0.1, -0.05) is 36.7 Å². The van der Waals surface area contributed by atoms with Gasteiger partial charge in [0.15, 0.2) is 10.8 Å². The zero-order valence-electron chi connectivity index (χ0n) is 12.9. The van der Waals surface area contributed by atoms with Crippen molar-refractivity contribution in [3.63, 3.8) is 0 Å². The smallest absolute Gasteiger partial charge is 0.417 e. The van der Waals surface area contributed by atoms with Gasteiger partial charge in [0.2, 0.25) is 0 Å². The molecule has 0 aromatic carbocycles. The van der Waals surface area contributed by atoms with Crippen LogP contribution >= 0.6 is 23.4 Å². The molecule has 0 N–H and O–H groups in total. The highest BCUT2D eigenvalue weighted by molar-refractivity contribution is 8.00. The maximum absolute atomic E-state index is 12.9. The van der Waals surface area contributed by atoms with Crippen LogP contribution < -0.4 is 0 Å². The molecule has 0 saturated heterocycles. The lowest BCUT2D eigenvalue weighted by Crippen LogP contribution is -2.18. The minimum atomic E-state index is -4.55. The van der Waals surface area contributed by atoms with Gasteiger partial charge in [0.1, 0.15) is 5.25 Å². The second kappa shape index (κ2) is 7.60. The third-order valence-electron chi connectivity index (χ3n) is 3.11. The lowest BCUT2D eigenvalue weighted by molar-refractivity contribution is -0.142. The molecular weight excluding hydrogens is 367 g/mol. The maximum Gasteiger partial charge on any atom is 0.417 e. The quantitative estimate of drug-likeness (QED) is 0.426. The second-order valence-corrected chi connectivity index (χ2v) is 6.75. The van der Waals surface area contributed by atoms with Gasteiger partial charge in [-0.05, 0) is 19.4 Å². The van der Waals surface area contributed by atoms with Gasteiger partial charge < -0.3 is 4.74 Å². The molecule has 2 aromatic heterocycles.